The molecule has 0 aliphatic carbocycles. The average Bonchev–Trinajstić information content (AvgIpc) is 2.84. The number of carbonyl (C=O) groups excluding carboxylic acids is 1. The molecule has 1 saturated heterocycles. The minimum Gasteiger partial charge on any atom is -0.348 e. The summed E-state index contributed by atoms with van der Waals surface area (Å²) in [7, 11) is 0. The highest BCUT2D eigenvalue weighted by atomic mass is 19.1. The van der Waals surface area contributed by atoms with Crippen LogP contribution in [-0.4, -0.2) is 33.8 Å². The topological polar surface area (TPSA) is 88.4 Å². The van der Waals surface area contributed by atoms with E-state index in [-0.39, 0.29) is 28.3 Å². The average molecular weight is 463 g/mol. The normalized spacial score (nSPS) is 14.6. The summed E-state index contributed by atoms with van der Waals surface area (Å²) in [5.74, 6) is -0.379. The van der Waals surface area contributed by atoms with Gasteiger partial charge < -0.3 is 5.32 Å². The van der Waals surface area contributed by atoms with E-state index in [1.54, 1.807) is 24.3 Å². The minimum absolute atomic E-state index is 0.133. The number of nitrogens with zero attached hydrogens (tertiary/aromatic N) is 3. The molecule has 7 nitrogen and oxygen atoms in total. The number of carbonyl (C=O) groups is 1. The van der Waals surface area contributed by atoms with Crippen LogP contribution in [0.4, 0.5) is 10.1 Å². The van der Waals surface area contributed by atoms with Crippen LogP contribution in [0.25, 0.3) is 0 Å². The molecule has 1 fully saturated rings. The van der Waals surface area contributed by atoms with Gasteiger partial charge in [0.05, 0.1) is 16.2 Å². The Kier molecular flexibility index (Phi) is 7.27. The number of amides is 1. The van der Waals surface area contributed by atoms with Crippen molar-refractivity contribution in [1.29, 1.82) is 0 Å². The number of aryl methyl sites for hydroxylation is 1. The Labute approximate surface area is 197 Å². The number of piperidine rings is 1. The molecular weight excluding hydrogens is 435 g/mol. The van der Waals surface area contributed by atoms with E-state index in [9.17, 15) is 19.3 Å². The third-order valence-electron chi connectivity index (χ3n) is 6.23. The molecular formula is C26H27FN4O3. The standard InChI is InChI=1S/C26H27FN4O3/c1-18-6-11-23(26(32)28-16-19-7-9-22(27)10-8-19)25(29-18)20-12-14-30(15-13-20)17-21-4-2-3-5-24(21)31(33)34/h2-11,20H,12-17H2,1H3,(H,28,32). The molecule has 0 radical (unpaired) electrons. The zero-order valence-electron chi connectivity index (χ0n) is 19.0. The lowest BCUT2D eigenvalue weighted by atomic mass is 9.89. The lowest BCUT2D eigenvalue weighted by Gasteiger charge is -2.32. The number of pyridine rings is 1. The number of nitro groups is 1. The van der Waals surface area contributed by atoms with Crippen LogP contribution in [0.3, 0.4) is 0 Å². The van der Waals surface area contributed by atoms with Gasteiger partial charge >= 0.3 is 0 Å². The molecule has 1 aliphatic heterocycles. The van der Waals surface area contributed by atoms with Crippen molar-refractivity contribution in [2.75, 3.05) is 13.1 Å². The molecule has 0 saturated carbocycles. The molecule has 0 spiro atoms. The van der Waals surface area contributed by atoms with E-state index in [1.165, 1.54) is 18.2 Å². The predicted octanol–water partition coefficient (Wildman–Crippen LogP) is 4.75. The molecule has 1 amide bonds. The second-order valence-corrected chi connectivity index (χ2v) is 8.63. The minimum atomic E-state index is -0.338. The number of halogens is 1. The molecule has 176 valence electrons. The number of rotatable bonds is 7. The molecule has 34 heavy (non-hydrogen) atoms. The van der Waals surface area contributed by atoms with Gasteiger partial charge in [0.1, 0.15) is 5.82 Å². The number of hydrogen-bond donors (Lipinski definition) is 1. The summed E-state index contributed by atoms with van der Waals surface area (Å²) in [6.07, 6.45) is 1.63. The summed E-state index contributed by atoms with van der Waals surface area (Å²) in [4.78, 5) is 30.9. The highest BCUT2D eigenvalue weighted by Crippen LogP contribution is 2.31. The first-order valence-corrected chi connectivity index (χ1v) is 11.4. The first-order chi connectivity index (χ1) is 16.4. The SMILES string of the molecule is Cc1ccc(C(=O)NCc2ccc(F)cc2)c(C2CCN(Cc3ccccc3[N+](=O)[O-])CC2)n1. The van der Waals surface area contributed by atoms with Gasteiger partial charge in [-0.3, -0.25) is 24.8 Å². The molecule has 0 bridgehead atoms. The number of hydrogen-bond acceptors (Lipinski definition) is 5. The molecule has 2 heterocycles. The molecule has 3 aromatic rings. The Morgan fingerprint density at radius 2 is 1.82 bits per heavy atom. The van der Waals surface area contributed by atoms with Crippen molar-refractivity contribution >= 4 is 11.6 Å². The lowest BCUT2D eigenvalue weighted by molar-refractivity contribution is -0.385. The Bertz CT molecular complexity index is 1170. The third kappa shape index (κ3) is 5.63. The summed E-state index contributed by atoms with van der Waals surface area (Å²) in [5.41, 5.74) is 3.88. The fourth-order valence-corrected chi connectivity index (χ4v) is 4.39. The van der Waals surface area contributed by atoms with Crippen molar-refractivity contribution in [2.24, 2.45) is 0 Å². The fourth-order valence-electron chi connectivity index (χ4n) is 4.39. The van der Waals surface area contributed by atoms with Gasteiger partial charge in [0.25, 0.3) is 11.6 Å². The predicted molar refractivity (Wildman–Crippen MR) is 127 cm³/mol. The van der Waals surface area contributed by atoms with Gasteiger partial charge in [-0.05, 0) is 62.7 Å². The molecule has 1 N–H and O–H groups in total. The van der Waals surface area contributed by atoms with E-state index in [4.69, 9.17) is 4.98 Å². The van der Waals surface area contributed by atoms with E-state index in [0.29, 0.717) is 24.2 Å². The van der Waals surface area contributed by atoms with Gasteiger partial charge in [-0.25, -0.2) is 4.39 Å². The van der Waals surface area contributed by atoms with Gasteiger partial charge in [-0.2, -0.15) is 0 Å². The van der Waals surface area contributed by atoms with Crippen LogP contribution in [0.5, 0.6) is 0 Å². The van der Waals surface area contributed by atoms with Crippen molar-refractivity contribution in [2.45, 2.75) is 38.8 Å². The van der Waals surface area contributed by atoms with Crippen molar-refractivity contribution in [3.63, 3.8) is 0 Å². The van der Waals surface area contributed by atoms with E-state index >= 15 is 0 Å². The summed E-state index contributed by atoms with van der Waals surface area (Å²) >= 11 is 0. The van der Waals surface area contributed by atoms with Crippen LogP contribution in [-0.2, 0) is 13.1 Å². The lowest BCUT2D eigenvalue weighted by Crippen LogP contribution is -2.34. The second-order valence-electron chi connectivity index (χ2n) is 8.63. The maximum atomic E-state index is 13.1. The van der Waals surface area contributed by atoms with Gasteiger partial charge in [0, 0.05) is 36.3 Å². The molecule has 1 aliphatic rings. The van der Waals surface area contributed by atoms with Gasteiger partial charge in [-0.1, -0.05) is 30.3 Å². The van der Waals surface area contributed by atoms with E-state index < -0.39 is 0 Å². The Balaban J connectivity index is 1.42. The van der Waals surface area contributed by atoms with Crippen LogP contribution >= 0.6 is 0 Å². The molecule has 0 unspecified atom stereocenters. The maximum Gasteiger partial charge on any atom is 0.273 e. The van der Waals surface area contributed by atoms with E-state index in [2.05, 4.69) is 10.2 Å². The summed E-state index contributed by atoms with van der Waals surface area (Å²) < 4.78 is 13.1. The van der Waals surface area contributed by atoms with Crippen LogP contribution in [0, 0.1) is 22.9 Å². The van der Waals surface area contributed by atoms with Gasteiger partial charge in [-0.15, -0.1) is 0 Å². The van der Waals surface area contributed by atoms with Gasteiger partial charge in [0.2, 0.25) is 0 Å². The summed E-state index contributed by atoms with van der Waals surface area (Å²) in [6, 6.07) is 16.5. The van der Waals surface area contributed by atoms with Crippen molar-refractivity contribution < 1.29 is 14.1 Å². The smallest absolute Gasteiger partial charge is 0.273 e. The molecule has 4 rings (SSSR count). The Morgan fingerprint density at radius 1 is 1.12 bits per heavy atom. The molecule has 8 heteroatoms. The Morgan fingerprint density at radius 3 is 2.53 bits per heavy atom. The number of likely N-dealkylation sites (tertiary alicyclic amines) is 1. The van der Waals surface area contributed by atoms with Crippen LogP contribution in [0.2, 0.25) is 0 Å². The first kappa shape index (κ1) is 23.5. The third-order valence-corrected chi connectivity index (χ3v) is 6.23. The maximum absolute atomic E-state index is 13.1. The molecule has 2 aromatic carbocycles. The van der Waals surface area contributed by atoms with Crippen molar-refractivity contribution in [3.8, 4) is 0 Å². The second kappa shape index (κ2) is 10.5. The highest BCUT2D eigenvalue weighted by Gasteiger charge is 2.27. The Hall–Kier alpha value is -3.65. The quantitative estimate of drug-likeness (QED) is 0.404. The van der Waals surface area contributed by atoms with Crippen molar-refractivity contribution in [3.05, 3.63) is 105 Å². The number of aromatic nitrogens is 1. The number of benzene rings is 2. The first-order valence-electron chi connectivity index (χ1n) is 11.4. The fraction of sp³-hybridized carbons (Fsp3) is 0.308. The largest absolute Gasteiger partial charge is 0.348 e. The van der Waals surface area contributed by atoms with Crippen LogP contribution in [0.1, 0.15) is 51.6 Å². The zero-order chi connectivity index (χ0) is 24.1. The van der Waals surface area contributed by atoms with E-state index in [0.717, 1.165) is 42.9 Å². The van der Waals surface area contributed by atoms with Crippen LogP contribution in [0.15, 0.2) is 60.7 Å². The van der Waals surface area contributed by atoms with Crippen molar-refractivity contribution in [1.82, 2.24) is 15.2 Å². The van der Waals surface area contributed by atoms with Gasteiger partial charge in [0.15, 0.2) is 0 Å². The molecule has 1 aromatic heterocycles. The number of para-hydroxylation sites is 1. The number of nitrogens with one attached hydrogen (secondary N) is 1. The zero-order valence-corrected chi connectivity index (χ0v) is 19.0. The monoisotopic (exact) mass is 462 g/mol. The molecule has 0 atom stereocenters. The summed E-state index contributed by atoms with van der Waals surface area (Å²) in [6.45, 7) is 4.27. The summed E-state index contributed by atoms with van der Waals surface area (Å²) in [5, 5.41) is 14.2. The highest BCUT2D eigenvalue weighted by molar-refractivity contribution is 5.95. The van der Waals surface area contributed by atoms with E-state index in [1.807, 2.05) is 25.1 Å². The number of nitro benzene ring substituents is 1. The van der Waals surface area contributed by atoms with Crippen LogP contribution < -0.4 is 5.32 Å².